The molecule has 0 amide bonds. The second-order valence-electron chi connectivity index (χ2n) is 3.45. The SMILES string of the molecule is CC(=O)Oc1cccc(OCC(=O)O)c1OC(C)=O. The molecule has 7 nitrogen and oxygen atoms in total. The van der Waals surface area contributed by atoms with Gasteiger partial charge in [-0.15, -0.1) is 0 Å². The second kappa shape index (κ2) is 6.39. The topological polar surface area (TPSA) is 99.1 Å². The van der Waals surface area contributed by atoms with Crippen molar-refractivity contribution in [1.29, 1.82) is 0 Å². The second-order valence-corrected chi connectivity index (χ2v) is 3.45. The summed E-state index contributed by atoms with van der Waals surface area (Å²) in [7, 11) is 0. The molecule has 0 atom stereocenters. The van der Waals surface area contributed by atoms with Crippen molar-refractivity contribution in [1.82, 2.24) is 0 Å². The zero-order valence-electron chi connectivity index (χ0n) is 10.3. The Morgan fingerprint density at radius 3 is 2.16 bits per heavy atom. The third kappa shape index (κ3) is 4.66. The maximum absolute atomic E-state index is 11.0. The Labute approximate surface area is 108 Å². The van der Waals surface area contributed by atoms with Gasteiger partial charge >= 0.3 is 17.9 Å². The van der Waals surface area contributed by atoms with Gasteiger partial charge in [-0.05, 0) is 12.1 Å². The molecule has 1 aromatic carbocycles. The highest BCUT2D eigenvalue weighted by atomic mass is 16.6. The first-order valence-electron chi connectivity index (χ1n) is 5.24. The van der Waals surface area contributed by atoms with Gasteiger partial charge in [-0.3, -0.25) is 9.59 Å². The number of ether oxygens (including phenoxy) is 3. The highest BCUT2D eigenvalue weighted by molar-refractivity contribution is 5.75. The van der Waals surface area contributed by atoms with Gasteiger partial charge in [0.1, 0.15) is 0 Å². The molecule has 0 aliphatic rings. The van der Waals surface area contributed by atoms with Gasteiger partial charge in [0.15, 0.2) is 18.1 Å². The average Bonchev–Trinajstić information content (AvgIpc) is 2.28. The summed E-state index contributed by atoms with van der Waals surface area (Å²) >= 11 is 0. The van der Waals surface area contributed by atoms with Crippen LogP contribution in [0.1, 0.15) is 13.8 Å². The Morgan fingerprint density at radius 1 is 1.05 bits per heavy atom. The highest BCUT2D eigenvalue weighted by Crippen LogP contribution is 2.37. The minimum atomic E-state index is -1.19. The molecule has 0 aliphatic carbocycles. The number of carboxylic acid groups (broad SMARTS) is 1. The molecule has 0 aromatic heterocycles. The quantitative estimate of drug-likeness (QED) is 0.628. The molecule has 0 fully saturated rings. The van der Waals surface area contributed by atoms with Crippen LogP contribution in [-0.4, -0.2) is 29.6 Å². The number of benzene rings is 1. The van der Waals surface area contributed by atoms with E-state index in [9.17, 15) is 14.4 Å². The van der Waals surface area contributed by atoms with Gasteiger partial charge in [-0.25, -0.2) is 4.79 Å². The molecule has 0 aliphatic heterocycles. The summed E-state index contributed by atoms with van der Waals surface area (Å²) in [5.74, 6) is -2.61. The van der Waals surface area contributed by atoms with Gasteiger partial charge in [0.2, 0.25) is 5.75 Å². The molecular weight excluding hydrogens is 256 g/mol. The number of esters is 2. The largest absolute Gasteiger partial charge is 0.479 e. The van der Waals surface area contributed by atoms with Crippen LogP contribution in [0.4, 0.5) is 0 Å². The van der Waals surface area contributed by atoms with Crippen LogP contribution in [0.5, 0.6) is 17.2 Å². The van der Waals surface area contributed by atoms with Crippen molar-refractivity contribution in [2.45, 2.75) is 13.8 Å². The average molecular weight is 268 g/mol. The van der Waals surface area contributed by atoms with Crippen LogP contribution in [0.15, 0.2) is 18.2 Å². The number of rotatable bonds is 5. The van der Waals surface area contributed by atoms with Crippen LogP contribution in [0.25, 0.3) is 0 Å². The van der Waals surface area contributed by atoms with Crippen LogP contribution in [0.2, 0.25) is 0 Å². The molecule has 0 saturated carbocycles. The van der Waals surface area contributed by atoms with E-state index in [-0.39, 0.29) is 17.2 Å². The number of hydrogen-bond acceptors (Lipinski definition) is 6. The van der Waals surface area contributed by atoms with Crippen molar-refractivity contribution in [3.63, 3.8) is 0 Å². The first kappa shape index (κ1) is 14.5. The molecule has 0 bridgehead atoms. The Morgan fingerprint density at radius 2 is 1.63 bits per heavy atom. The van der Waals surface area contributed by atoms with Crippen LogP contribution in [0.3, 0.4) is 0 Å². The van der Waals surface area contributed by atoms with E-state index >= 15 is 0 Å². The lowest BCUT2D eigenvalue weighted by atomic mass is 10.3. The molecular formula is C12H12O7. The molecule has 0 heterocycles. The van der Waals surface area contributed by atoms with E-state index in [1.165, 1.54) is 25.1 Å². The molecule has 0 unspecified atom stereocenters. The fraction of sp³-hybridized carbons (Fsp3) is 0.250. The first-order chi connectivity index (χ1) is 8.90. The summed E-state index contributed by atoms with van der Waals surface area (Å²) in [5.41, 5.74) is 0. The van der Waals surface area contributed by atoms with E-state index < -0.39 is 24.5 Å². The summed E-state index contributed by atoms with van der Waals surface area (Å²) in [6.45, 7) is 1.73. The standard InChI is InChI=1S/C12H12O7/c1-7(13)18-10-5-3-4-9(17-6-11(15)16)12(10)19-8(2)14/h3-5H,6H2,1-2H3,(H,15,16). The van der Waals surface area contributed by atoms with Crippen molar-refractivity contribution in [3.05, 3.63) is 18.2 Å². The molecule has 19 heavy (non-hydrogen) atoms. The molecule has 7 heteroatoms. The van der Waals surface area contributed by atoms with Gasteiger partial charge in [0, 0.05) is 13.8 Å². The van der Waals surface area contributed by atoms with Crippen LogP contribution in [-0.2, 0) is 14.4 Å². The van der Waals surface area contributed by atoms with Crippen molar-refractivity contribution in [2.24, 2.45) is 0 Å². The van der Waals surface area contributed by atoms with Crippen molar-refractivity contribution in [2.75, 3.05) is 6.61 Å². The molecule has 0 spiro atoms. The van der Waals surface area contributed by atoms with Gasteiger partial charge in [0.25, 0.3) is 0 Å². The van der Waals surface area contributed by atoms with E-state index in [2.05, 4.69) is 0 Å². The Hall–Kier alpha value is -2.57. The number of carbonyl (C=O) groups excluding carboxylic acids is 2. The highest BCUT2D eigenvalue weighted by Gasteiger charge is 2.17. The fourth-order valence-corrected chi connectivity index (χ4v) is 1.23. The van der Waals surface area contributed by atoms with E-state index in [1.54, 1.807) is 0 Å². The number of hydrogen-bond donors (Lipinski definition) is 1. The third-order valence-electron chi connectivity index (χ3n) is 1.79. The monoisotopic (exact) mass is 268 g/mol. The minimum absolute atomic E-state index is 0.00338. The van der Waals surface area contributed by atoms with Gasteiger partial charge in [0.05, 0.1) is 0 Å². The lowest BCUT2D eigenvalue weighted by molar-refractivity contribution is -0.139. The predicted octanol–water partition coefficient (Wildman–Crippen LogP) is 1.00. The smallest absolute Gasteiger partial charge is 0.341 e. The minimum Gasteiger partial charge on any atom is -0.479 e. The lowest BCUT2D eigenvalue weighted by Crippen LogP contribution is -2.12. The number of carbonyl (C=O) groups is 3. The summed E-state index contributed by atoms with van der Waals surface area (Å²) in [6, 6.07) is 4.27. The zero-order valence-corrected chi connectivity index (χ0v) is 10.3. The zero-order chi connectivity index (χ0) is 14.4. The van der Waals surface area contributed by atoms with Gasteiger partial charge in [-0.2, -0.15) is 0 Å². The van der Waals surface area contributed by atoms with Crippen LogP contribution >= 0.6 is 0 Å². The normalized spacial score (nSPS) is 9.58. The Kier molecular flexibility index (Phi) is 4.87. The van der Waals surface area contributed by atoms with Crippen molar-refractivity contribution in [3.8, 4) is 17.2 Å². The van der Waals surface area contributed by atoms with E-state index in [0.717, 1.165) is 6.92 Å². The summed E-state index contributed by atoms with van der Waals surface area (Å²) < 4.78 is 14.7. The van der Waals surface area contributed by atoms with Crippen molar-refractivity contribution < 1.29 is 33.7 Å². The Bertz CT molecular complexity index is 507. The number of aliphatic carboxylic acids is 1. The first-order valence-corrected chi connectivity index (χ1v) is 5.24. The molecule has 102 valence electrons. The maximum atomic E-state index is 11.0. The summed E-state index contributed by atoms with van der Waals surface area (Å²) in [5, 5.41) is 8.54. The van der Waals surface area contributed by atoms with Gasteiger partial charge < -0.3 is 19.3 Å². The molecule has 1 N–H and O–H groups in total. The van der Waals surface area contributed by atoms with Crippen molar-refractivity contribution >= 4 is 17.9 Å². The lowest BCUT2D eigenvalue weighted by Gasteiger charge is -2.12. The molecule has 1 rings (SSSR count). The molecule has 0 saturated heterocycles. The maximum Gasteiger partial charge on any atom is 0.341 e. The van der Waals surface area contributed by atoms with Crippen LogP contribution in [0, 0.1) is 0 Å². The fourth-order valence-electron chi connectivity index (χ4n) is 1.23. The molecule has 1 aromatic rings. The third-order valence-corrected chi connectivity index (χ3v) is 1.79. The van der Waals surface area contributed by atoms with E-state index in [1.807, 2.05) is 0 Å². The summed E-state index contributed by atoms with van der Waals surface area (Å²) in [4.78, 5) is 32.4. The summed E-state index contributed by atoms with van der Waals surface area (Å²) in [6.07, 6.45) is 0. The molecule has 0 radical (unpaired) electrons. The van der Waals surface area contributed by atoms with Crippen LogP contribution < -0.4 is 14.2 Å². The number of para-hydroxylation sites is 1. The van der Waals surface area contributed by atoms with E-state index in [4.69, 9.17) is 19.3 Å². The van der Waals surface area contributed by atoms with Gasteiger partial charge in [-0.1, -0.05) is 6.07 Å². The van der Waals surface area contributed by atoms with E-state index in [0.29, 0.717) is 0 Å². The number of carboxylic acids is 1. The predicted molar refractivity (Wildman–Crippen MR) is 62.2 cm³/mol. The Balaban J connectivity index is 3.09.